The van der Waals surface area contributed by atoms with Crippen LogP contribution in [0.1, 0.15) is 69.7 Å². The van der Waals surface area contributed by atoms with Gasteiger partial charge in [-0.15, -0.1) is 11.8 Å². The van der Waals surface area contributed by atoms with Gasteiger partial charge in [-0.05, 0) is 97.7 Å². The number of hydrogen-bond acceptors (Lipinski definition) is 11. The van der Waals surface area contributed by atoms with Crippen LogP contribution in [0.25, 0.3) is 0 Å². The number of alkyl halides is 3. The minimum atomic E-state index is -6.05. The lowest BCUT2D eigenvalue weighted by Gasteiger charge is -2.40. The molecule has 3 aromatic carbocycles. The van der Waals surface area contributed by atoms with Crippen LogP contribution in [0.2, 0.25) is 0 Å². The number of carbonyl (C=O) groups excluding carboxylic acids is 1. The van der Waals surface area contributed by atoms with E-state index in [-0.39, 0.29) is 11.0 Å². The number of nitrogens with one attached hydrogen (secondary N) is 2. The summed E-state index contributed by atoms with van der Waals surface area (Å²) < 4.78 is 103. The van der Waals surface area contributed by atoms with E-state index in [1.165, 1.54) is 40.6 Å². The Bertz CT molecular complexity index is 2310. The molecule has 2 aliphatic heterocycles. The summed E-state index contributed by atoms with van der Waals surface area (Å²) >= 11 is 1.45. The van der Waals surface area contributed by atoms with E-state index in [1.54, 1.807) is 12.1 Å². The molecule has 6 rings (SSSR count). The largest absolute Gasteiger partial charge is 0.501 e. The molecular formula is C46H60F3N5O6S3. The number of anilines is 2. The zero-order valence-corrected chi connectivity index (χ0v) is 38.8. The van der Waals surface area contributed by atoms with Crippen molar-refractivity contribution in [3.63, 3.8) is 0 Å². The first kappa shape index (κ1) is 48.6. The van der Waals surface area contributed by atoms with Gasteiger partial charge in [-0.3, -0.25) is 14.6 Å². The molecule has 63 heavy (non-hydrogen) atoms. The van der Waals surface area contributed by atoms with E-state index in [0.717, 1.165) is 87.5 Å². The number of halogens is 3. The first-order chi connectivity index (χ1) is 29.8. The molecule has 2 N–H and O–H groups in total. The van der Waals surface area contributed by atoms with Crippen molar-refractivity contribution in [2.75, 3.05) is 81.5 Å². The number of benzene rings is 3. The van der Waals surface area contributed by atoms with Crippen LogP contribution in [0, 0.1) is 5.41 Å². The third-order valence-electron chi connectivity index (χ3n) is 12.0. The zero-order chi connectivity index (χ0) is 45.4. The van der Waals surface area contributed by atoms with Crippen molar-refractivity contribution in [3.8, 4) is 0 Å². The fourth-order valence-electron chi connectivity index (χ4n) is 8.37. The Morgan fingerprint density at radius 1 is 0.921 bits per heavy atom. The maximum absolute atomic E-state index is 14.2. The van der Waals surface area contributed by atoms with Gasteiger partial charge in [0.05, 0.1) is 23.8 Å². The molecule has 1 aliphatic carbocycles. The Morgan fingerprint density at radius 2 is 1.60 bits per heavy atom. The number of ether oxygens (including phenoxy) is 1. The van der Waals surface area contributed by atoms with Crippen molar-refractivity contribution in [2.24, 2.45) is 5.41 Å². The lowest BCUT2D eigenvalue weighted by molar-refractivity contribution is -0.0435. The number of hydrogen-bond donors (Lipinski definition) is 2. The highest BCUT2D eigenvalue weighted by molar-refractivity contribution is 7.99. The van der Waals surface area contributed by atoms with Crippen molar-refractivity contribution in [2.45, 2.75) is 85.5 Å². The van der Waals surface area contributed by atoms with E-state index in [2.05, 4.69) is 47.4 Å². The van der Waals surface area contributed by atoms with Crippen LogP contribution in [0.3, 0.4) is 0 Å². The van der Waals surface area contributed by atoms with Crippen LogP contribution in [-0.2, 0) is 24.6 Å². The molecule has 2 heterocycles. The summed E-state index contributed by atoms with van der Waals surface area (Å²) in [6.07, 6.45) is 5.82. The van der Waals surface area contributed by atoms with Gasteiger partial charge in [0.25, 0.3) is 25.8 Å². The summed E-state index contributed by atoms with van der Waals surface area (Å²) in [5.41, 5.74) is -0.801. The summed E-state index contributed by atoms with van der Waals surface area (Å²) in [7, 11) is -10.9. The van der Waals surface area contributed by atoms with E-state index < -0.39 is 52.8 Å². The highest BCUT2D eigenvalue weighted by atomic mass is 32.2. The summed E-state index contributed by atoms with van der Waals surface area (Å²) in [6.45, 7) is 18.4. The van der Waals surface area contributed by atoms with Crippen LogP contribution in [0.15, 0.2) is 111 Å². The molecule has 11 nitrogen and oxygen atoms in total. The second-order valence-corrected chi connectivity index (χ2v) is 22.0. The SMILES string of the molecule is C=C(CCC)C1=C(CN2CCN(c3ccc(C(=O)NS(=O)(=O)c4ccc(NC(CCN5CCOCC5)CSc5ccccc5)c(S(=O)(=O)C(F)(F)F)c4)cc3)CC2)CC(C)(C)CC1. The average molecular weight is 932 g/mol. The first-order valence-corrected chi connectivity index (χ1v) is 25.5. The molecule has 1 unspecified atom stereocenters. The number of rotatable bonds is 18. The Balaban J connectivity index is 1.13. The molecule has 3 aliphatic rings. The number of carbonyl (C=O) groups is 1. The topological polar surface area (TPSA) is 128 Å². The van der Waals surface area contributed by atoms with Crippen molar-refractivity contribution in [1.29, 1.82) is 0 Å². The Labute approximate surface area is 375 Å². The van der Waals surface area contributed by atoms with E-state index in [1.807, 2.05) is 35.1 Å². The van der Waals surface area contributed by atoms with Crippen molar-refractivity contribution in [3.05, 3.63) is 102 Å². The standard InChI is InChI=1S/C46H60F3N5O6S3/c1-5-9-34(2)41-18-20-45(3,4)31-36(41)32-53-22-24-54(25-23-53)38-14-12-35(13-15-38)44(55)51-63(58,59)40-16-17-42(43(30-40)62(56,57)46(47,48)49)50-37(19-21-52-26-28-60-29-27-52)33-61-39-10-7-6-8-11-39/h6-8,10-17,30,37,50H,2,5,9,18-29,31-33H2,1,3-4H3,(H,51,55). The molecule has 3 aromatic rings. The van der Waals surface area contributed by atoms with Crippen molar-refractivity contribution in [1.82, 2.24) is 14.5 Å². The van der Waals surface area contributed by atoms with Gasteiger partial charge in [-0.2, -0.15) is 13.2 Å². The summed E-state index contributed by atoms with van der Waals surface area (Å²) in [5, 5.41) is 2.99. The minimum Gasteiger partial charge on any atom is -0.380 e. The number of sulfonamides is 1. The van der Waals surface area contributed by atoms with Gasteiger partial charge in [0.2, 0.25) is 0 Å². The van der Waals surface area contributed by atoms with Crippen LogP contribution < -0.4 is 14.9 Å². The van der Waals surface area contributed by atoms with Gasteiger partial charge in [0.1, 0.15) is 4.90 Å². The van der Waals surface area contributed by atoms with Gasteiger partial charge in [-0.1, -0.05) is 63.1 Å². The molecule has 1 amide bonds. The third-order valence-corrected chi connectivity index (χ3v) is 16.0. The molecule has 0 spiro atoms. The molecule has 0 bridgehead atoms. The number of piperazine rings is 1. The van der Waals surface area contributed by atoms with Gasteiger partial charge >= 0.3 is 5.51 Å². The molecule has 2 saturated heterocycles. The predicted octanol–water partition coefficient (Wildman–Crippen LogP) is 8.38. The van der Waals surface area contributed by atoms with Gasteiger partial charge in [0.15, 0.2) is 0 Å². The van der Waals surface area contributed by atoms with Crippen LogP contribution in [-0.4, -0.2) is 115 Å². The number of morpholine rings is 1. The van der Waals surface area contributed by atoms with Crippen LogP contribution in [0.5, 0.6) is 0 Å². The lowest BCUT2D eigenvalue weighted by atomic mass is 9.72. The second-order valence-electron chi connectivity index (χ2n) is 17.3. The highest BCUT2D eigenvalue weighted by Crippen LogP contribution is 2.42. The van der Waals surface area contributed by atoms with Crippen molar-refractivity contribution >= 4 is 48.9 Å². The van der Waals surface area contributed by atoms with Crippen molar-refractivity contribution < 1.29 is 39.5 Å². The number of thioether (sulfide) groups is 1. The Morgan fingerprint density at radius 3 is 2.25 bits per heavy atom. The maximum atomic E-state index is 14.2. The van der Waals surface area contributed by atoms with Gasteiger partial charge < -0.3 is 15.0 Å². The van der Waals surface area contributed by atoms with E-state index >= 15 is 0 Å². The fraction of sp³-hybridized carbons (Fsp3) is 0.500. The normalized spacial score (nSPS) is 18.5. The highest BCUT2D eigenvalue weighted by Gasteiger charge is 2.48. The lowest BCUT2D eigenvalue weighted by Crippen LogP contribution is -2.47. The number of allylic oxidation sites excluding steroid dienone is 2. The molecule has 344 valence electrons. The first-order valence-electron chi connectivity index (χ1n) is 21.6. The molecule has 2 fully saturated rings. The molecule has 0 saturated carbocycles. The molecule has 0 radical (unpaired) electrons. The maximum Gasteiger partial charge on any atom is 0.501 e. The molecular weight excluding hydrogens is 872 g/mol. The monoisotopic (exact) mass is 931 g/mol. The molecule has 17 heteroatoms. The quantitative estimate of drug-likeness (QED) is 0.120. The number of amides is 1. The summed E-state index contributed by atoms with van der Waals surface area (Å²) in [4.78, 5) is 19.0. The average Bonchev–Trinajstić information content (AvgIpc) is 3.25. The fourth-order valence-corrected chi connectivity index (χ4v) is 11.4. The van der Waals surface area contributed by atoms with Gasteiger partial charge in [0, 0.05) is 80.3 Å². The molecule has 0 aromatic heterocycles. The number of nitrogens with zero attached hydrogens (tertiary/aromatic N) is 3. The Kier molecular flexibility index (Phi) is 16.2. The molecule has 1 atom stereocenters. The minimum absolute atomic E-state index is 0.00750. The Hall–Kier alpha value is -3.87. The van der Waals surface area contributed by atoms with Crippen LogP contribution in [0.4, 0.5) is 24.5 Å². The smallest absolute Gasteiger partial charge is 0.380 e. The second kappa shape index (κ2) is 21.0. The number of sulfone groups is 1. The summed E-state index contributed by atoms with van der Waals surface area (Å²) in [6, 6.07) is 17.8. The van der Waals surface area contributed by atoms with E-state index in [4.69, 9.17) is 4.74 Å². The predicted molar refractivity (Wildman–Crippen MR) is 245 cm³/mol. The van der Waals surface area contributed by atoms with E-state index in [0.29, 0.717) is 51.1 Å². The third kappa shape index (κ3) is 12.9. The van der Waals surface area contributed by atoms with Gasteiger partial charge in [-0.25, -0.2) is 21.6 Å². The van der Waals surface area contributed by atoms with Crippen LogP contribution >= 0.6 is 11.8 Å². The zero-order valence-electron chi connectivity index (χ0n) is 36.4. The summed E-state index contributed by atoms with van der Waals surface area (Å²) in [5.74, 6) is -0.641. The van der Waals surface area contributed by atoms with E-state index in [9.17, 15) is 34.8 Å².